The first-order chi connectivity index (χ1) is 17.5. The smallest absolute Gasteiger partial charge is 0.326 e. The Labute approximate surface area is 208 Å². The highest BCUT2D eigenvalue weighted by molar-refractivity contribution is 6.18. The molecule has 0 aliphatic rings. The predicted molar refractivity (Wildman–Crippen MR) is 140 cm³/mol. The molecule has 36 heavy (non-hydrogen) atoms. The Bertz CT molecular complexity index is 1540. The molecule has 0 saturated heterocycles. The average Bonchev–Trinajstić information content (AvgIpc) is 2.91. The molecule has 5 aromatic rings. The maximum atomic E-state index is 13.5. The standard InChI is InChI=1S/C31H23NO4/c33-29(21-8-2-1-3-9-21)22-16-14-20(15-17-22)18-27(31(35)36)32-30(34)28-25-12-6-4-10-23(25)19-24-11-5-7-13-26(24)28/h1-17,19,27H,18H2,(H,32,34)(H,35,36)/t27-/m0/s1. The molecule has 1 atom stereocenters. The van der Waals surface area contributed by atoms with E-state index in [9.17, 15) is 19.5 Å². The van der Waals surface area contributed by atoms with Crippen molar-refractivity contribution in [3.63, 3.8) is 0 Å². The van der Waals surface area contributed by atoms with Gasteiger partial charge in [0.25, 0.3) is 5.91 Å². The van der Waals surface area contributed by atoms with E-state index in [1.807, 2.05) is 60.7 Å². The fourth-order valence-corrected chi connectivity index (χ4v) is 4.47. The number of aliphatic carboxylic acids is 1. The van der Waals surface area contributed by atoms with Crippen LogP contribution in [0.3, 0.4) is 0 Å². The van der Waals surface area contributed by atoms with Gasteiger partial charge in [-0.25, -0.2) is 4.79 Å². The number of rotatable bonds is 7. The third-order valence-electron chi connectivity index (χ3n) is 6.29. The molecule has 176 valence electrons. The summed E-state index contributed by atoms with van der Waals surface area (Å²) in [6.45, 7) is 0. The van der Waals surface area contributed by atoms with Gasteiger partial charge in [0.15, 0.2) is 5.78 Å². The first kappa shape index (κ1) is 23.0. The van der Waals surface area contributed by atoms with Gasteiger partial charge in [-0.3, -0.25) is 9.59 Å². The second kappa shape index (κ2) is 9.84. The molecule has 5 rings (SSSR count). The molecule has 0 saturated carbocycles. The Morgan fingerprint density at radius 3 is 1.78 bits per heavy atom. The van der Waals surface area contributed by atoms with Crippen LogP contribution in [0.4, 0.5) is 0 Å². The van der Waals surface area contributed by atoms with Gasteiger partial charge >= 0.3 is 5.97 Å². The zero-order chi connectivity index (χ0) is 25.1. The van der Waals surface area contributed by atoms with Crippen LogP contribution in [0, 0.1) is 0 Å². The van der Waals surface area contributed by atoms with Crippen molar-refractivity contribution in [2.24, 2.45) is 0 Å². The van der Waals surface area contributed by atoms with Crippen molar-refractivity contribution in [2.75, 3.05) is 0 Å². The van der Waals surface area contributed by atoms with Crippen LogP contribution in [-0.4, -0.2) is 28.8 Å². The highest BCUT2D eigenvalue weighted by Gasteiger charge is 2.24. The Morgan fingerprint density at radius 1 is 0.667 bits per heavy atom. The number of carbonyl (C=O) groups is 3. The lowest BCUT2D eigenvalue weighted by atomic mass is 9.95. The SMILES string of the molecule is O=C(c1ccccc1)c1ccc(C[C@H](NC(=O)c2c3ccccc3cc3ccccc23)C(=O)O)cc1. The van der Waals surface area contributed by atoms with Crippen molar-refractivity contribution in [3.05, 3.63) is 131 Å². The van der Waals surface area contributed by atoms with E-state index in [0.29, 0.717) is 22.3 Å². The molecule has 1 amide bonds. The van der Waals surface area contributed by atoms with Gasteiger partial charge in [0.05, 0.1) is 5.56 Å². The molecule has 0 radical (unpaired) electrons. The highest BCUT2D eigenvalue weighted by Crippen LogP contribution is 2.28. The van der Waals surface area contributed by atoms with Crippen molar-refractivity contribution >= 4 is 39.2 Å². The Hall–Kier alpha value is -4.77. The minimum Gasteiger partial charge on any atom is -0.480 e. The van der Waals surface area contributed by atoms with E-state index in [4.69, 9.17) is 0 Å². The maximum Gasteiger partial charge on any atom is 0.326 e. The number of nitrogens with one attached hydrogen (secondary N) is 1. The molecule has 0 spiro atoms. The lowest BCUT2D eigenvalue weighted by Crippen LogP contribution is -2.42. The zero-order valence-electron chi connectivity index (χ0n) is 19.3. The second-order valence-electron chi connectivity index (χ2n) is 8.65. The summed E-state index contributed by atoms with van der Waals surface area (Å²) in [4.78, 5) is 38.2. The van der Waals surface area contributed by atoms with Crippen molar-refractivity contribution in [2.45, 2.75) is 12.5 Å². The van der Waals surface area contributed by atoms with Gasteiger partial charge in [-0.2, -0.15) is 0 Å². The van der Waals surface area contributed by atoms with Gasteiger partial charge in [0.1, 0.15) is 6.04 Å². The number of fused-ring (bicyclic) bond motifs is 2. The Kier molecular flexibility index (Phi) is 6.29. The van der Waals surface area contributed by atoms with E-state index in [1.165, 1.54) is 0 Å². The highest BCUT2D eigenvalue weighted by atomic mass is 16.4. The summed E-state index contributed by atoms with van der Waals surface area (Å²) in [7, 11) is 0. The van der Waals surface area contributed by atoms with Crippen molar-refractivity contribution in [1.29, 1.82) is 0 Å². The van der Waals surface area contributed by atoms with Crippen molar-refractivity contribution in [3.8, 4) is 0 Å². The molecule has 5 heteroatoms. The molecule has 0 bridgehead atoms. The van der Waals surface area contributed by atoms with E-state index in [-0.39, 0.29) is 12.2 Å². The van der Waals surface area contributed by atoms with Gasteiger partial charge in [-0.15, -0.1) is 0 Å². The monoisotopic (exact) mass is 473 g/mol. The van der Waals surface area contributed by atoms with E-state index < -0.39 is 17.9 Å². The Morgan fingerprint density at radius 2 is 1.19 bits per heavy atom. The van der Waals surface area contributed by atoms with Gasteiger partial charge < -0.3 is 10.4 Å². The summed E-state index contributed by atoms with van der Waals surface area (Å²) in [5, 5.41) is 16.0. The van der Waals surface area contributed by atoms with Crippen LogP contribution < -0.4 is 5.32 Å². The van der Waals surface area contributed by atoms with E-state index in [1.54, 1.807) is 48.5 Å². The summed E-state index contributed by atoms with van der Waals surface area (Å²) < 4.78 is 0. The van der Waals surface area contributed by atoms with Crippen LogP contribution in [-0.2, 0) is 11.2 Å². The number of amides is 1. The molecule has 5 aromatic carbocycles. The first-order valence-corrected chi connectivity index (χ1v) is 11.6. The number of carboxylic acids is 1. The molecule has 0 heterocycles. The molecule has 0 aromatic heterocycles. The molecule has 0 unspecified atom stereocenters. The lowest BCUT2D eigenvalue weighted by Gasteiger charge is -2.17. The average molecular weight is 474 g/mol. The predicted octanol–water partition coefficient (Wildman–Crippen LogP) is 5.65. The second-order valence-corrected chi connectivity index (χ2v) is 8.65. The third-order valence-corrected chi connectivity index (χ3v) is 6.29. The van der Waals surface area contributed by atoms with Gasteiger partial charge in [0.2, 0.25) is 0 Å². The summed E-state index contributed by atoms with van der Waals surface area (Å²) in [6, 6.07) is 31.8. The normalized spacial score (nSPS) is 11.8. The number of carbonyl (C=O) groups excluding carboxylic acids is 2. The fraction of sp³-hybridized carbons (Fsp3) is 0.0645. The van der Waals surface area contributed by atoms with Crippen molar-refractivity contribution < 1.29 is 19.5 Å². The van der Waals surface area contributed by atoms with Gasteiger partial charge in [-0.05, 0) is 33.2 Å². The molecule has 5 nitrogen and oxygen atoms in total. The molecule has 0 aliphatic heterocycles. The minimum absolute atomic E-state index is 0.0869. The lowest BCUT2D eigenvalue weighted by molar-refractivity contribution is -0.139. The topological polar surface area (TPSA) is 83.5 Å². The first-order valence-electron chi connectivity index (χ1n) is 11.6. The van der Waals surface area contributed by atoms with Crippen molar-refractivity contribution in [1.82, 2.24) is 5.32 Å². The van der Waals surface area contributed by atoms with Gasteiger partial charge in [0, 0.05) is 17.5 Å². The largest absolute Gasteiger partial charge is 0.480 e. The summed E-state index contributed by atoms with van der Waals surface area (Å²) in [5.74, 6) is -1.67. The van der Waals surface area contributed by atoms with Crippen LogP contribution in [0.1, 0.15) is 31.8 Å². The number of benzene rings is 5. The van der Waals surface area contributed by atoms with Crippen LogP contribution in [0.5, 0.6) is 0 Å². The van der Waals surface area contributed by atoms with Crippen LogP contribution in [0.2, 0.25) is 0 Å². The number of ketones is 1. The van der Waals surface area contributed by atoms with E-state index in [0.717, 1.165) is 21.5 Å². The number of hydrogen-bond donors (Lipinski definition) is 2. The number of hydrogen-bond acceptors (Lipinski definition) is 3. The summed E-state index contributed by atoms with van der Waals surface area (Å²) in [6.07, 6.45) is 0.0869. The molecule has 2 N–H and O–H groups in total. The fourth-order valence-electron chi connectivity index (χ4n) is 4.47. The molecular weight excluding hydrogens is 450 g/mol. The molecular formula is C31H23NO4. The number of carboxylic acid groups (broad SMARTS) is 1. The van der Waals surface area contributed by atoms with E-state index in [2.05, 4.69) is 5.32 Å². The van der Waals surface area contributed by atoms with Crippen LogP contribution >= 0.6 is 0 Å². The quantitative estimate of drug-likeness (QED) is 0.236. The maximum absolute atomic E-state index is 13.5. The Balaban J connectivity index is 1.40. The minimum atomic E-state index is -1.13. The zero-order valence-corrected chi connectivity index (χ0v) is 19.3. The molecule has 0 fully saturated rings. The summed E-state index contributed by atoms with van der Waals surface area (Å²) >= 11 is 0. The third kappa shape index (κ3) is 4.59. The molecule has 0 aliphatic carbocycles. The van der Waals surface area contributed by atoms with Crippen LogP contribution in [0.15, 0.2) is 109 Å². The van der Waals surface area contributed by atoms with Crippen LogP contribution in [0.25, 0.3) is 21.5 Å². The van der Waals surface area contributed by atoms with E-state index >= 15 is 0 Å². The summed E-state index contributed by atoms with van der Waals surface area (Å²) in [5.41, 5.74) is 2.26. The van der Waals surface area contributed by atoms with Gasteiger partial charge in [-0.1, -0.05) is 103 Å².